The molecule has 6 nitrogen and oxygen atoms in total. The topological polar surface area (TPSA) is 68.5 Å². The molecule has 21 heavy (non-hydrogen) atoms. The molecule has 0 bridgehead atoms. The molecule has 4 rings (SSSR count). The molecule has 3 aromatic heterocycles. The highest BCUT2D eigenvalue weighted by atomic mass is 16.1. The molecule has 0 radical (unpaired) electrons. The smallest absolute Gasteiger partial charge is 0.304 e. The van der Waals surface area contributed by atoms with Gasteiger partial charge in [-0.1, -0.05) is 6.07 Å². The molecule has 0 atom stereocenters. The first-order valence-corrected chi connectivity index (χ1v) is 6.60. The molecule has 1 aromatic carbocycles. The van der Waals surface area contributed by atoms with Gasteiger partial charge >= 0.3 is 5.69 Å². The third kappa shape index (κ3) is 1.69. The number of pyridine rings is 1. The van der Waals surface area contributed by atoms with Crippen LogP contribution in [-0.2, 0) is 14.1 Å². The van der Waals surface area contributed by atoms with Crippen LogP contribution in [0.1, 0.15) is 0 Å². The van der Waals surface area contributed by atoms with Crippen molar-refractivity contribution in [1.29, 1.82) is 0 Å². The molecule has 0 aliphatic carbocycles. The Kier molecular flexibility index (Phi) is 2.29. The number of H-pyrrole nitrogens is 1. The zero-order valence-corrected chi connectivity index (χ0v) is 11.7. The van der Waals surface area contributed by atoms with E-state index in [0.717, 1.165) is 33.1 Å². The Morgan fingerprint density at radius 3 is 2.76 bits per heavy atom. The van der Waals surface area contributed by atoms with Crippen molar-refractivity contribution < 1.29 is 0 Å². The molecule has 6 heteroatoms. The average molecular weight is 279 g/mol. The molecular formula is C15H13N5O. The molecule has 0 spiro atoms. The predicted molar refractivity (Wildman–Crippen MR) is 81.0 cm³/mol. The second-order valence-corrected chi connectivity index (χ2v) is 5.14. The van der Waals surface area contributed by atoms with Crippen LogP contribution in [0.2, 0.25) is 0 Å². The predicted octanol–water partition coefficient (Wildman–Crippen LogP) is 1.82. The van der Waals surface area contributed by atoms with Gasteiger partial charge in [0.1, 0.15) is 0 Å². The van der Waals surface area contributed by atoms with Crippen molar-refractivity contribution in [2.75, 3.05) is 0 Å². The summed E-state index contributed by atoms with van der Waals surface area (Å²) in [5.41, 5.74) is 4.44. The van der Waals surface area contributed by atoms with E-state index in [1.807, 2.05) is 31.6 Å². The lowest BCUT2D eigenvalue weighted by Crippen LogP contribution is -2.11. The highest BCUT2D eigenvalue weighted by Crippen LogP contribution is 2.27. The number of rotatable bonds is 1. The van der Waals surface area contributed by atoms with Crippen LogP contribution in [0.4, 0.5) is 0 Å². The number of imidazole rings is 1. The van der Waals surface area contributed by atoms with Gasteiger partial charge in [-0.2, -0.15) is 5.10 Å². The second kappa shape index (κ2) is 4.05. The van der Waals surface area contributed by atoms with E-state index in [0.29, 0.717) is 0 Å². The van der Waals surface area contributed by atoms with Crippen molar-refractivity contribution in [3.8, 4) is 11.1 Å². The summed E-state index contributed by atoms with van der Waals surface area (Å²) in [6, 6.07) is 6.03. The number of hydrogen-bond acceptors (Lipinski definition) is 3. The Bertz CT molecular complexity index is 1040. The normalized spacial score (nSPS) is 11.5. The molecule has 104 valence electrons. The van der Waals surface area contributed by atoms with Gasteiger partial charge in [0.05, 0.1) is 28.9 Å². The molecule has 4 aromatic rings. The summed E-state index contributed by atoms with van der Waals surface area (Å²) in [7, 11) is 3.65. The van der Waals surface area contributed by atoms with Gasteiger partial charge in [0.25, 0.3) is 0 Å². The highest BCUT2D eigenvalue weighted by molar-refractivity contribution is 6.03. The third-order valence-corrected chi connectivity index (χ3v) is 3.76. The van der Waals surface area contributed by atoms with Gasteiger partial charge in [0.2, 0.25) is 0 Å². The van der Waals surface area contributed by atoms with Crippen LogP contribution in [0.5, 0.6) is 0 Å². The first-order chi connectivity index (χ1) is 10.1. The van der Waals surface area contributed by atoms with Crippen LogP contribution in [0.25, 0.3) is 33.1 Å². The average Bonchev–Trinajstić information content (AvgIpc) is 3.03. The summed E-state index contributed by atoms with van der Waals surface area (Å²) in [6.45, 7) is 0. The molecule has 0 saturated heterocycles. The lowest BCUT2D eigenvalue weighted by molar-refractivity contribution is 0.768. The monoisotopic (exact) mass is 279 g/mol. The fraction of sp³-hybridized carbons (Fsp3) is 0.133. The van der Waals surface area contributed by atoms with Gasteiger partial charge in [0, 0.05) is 31.2 Å². The van der Waals surface area contributed by atoms with Crippen LogP contribution in [0.15, 0.2) is 41.6 Å². The van der Waals surface area contributed by atoms with Gasteiger partial charge in [0.15, 0.2) is 0 Å². The molecule has 0 saturated carbocycles. The van der Waals surface area contributed by atoms with Crippen LogP contribution in [-0.4, -0.2) is 24.3 Å². The van der Waals surface area contributed by atoms with Gasteiger partial charge in [-0.3, -0.25) is 14.2 Å². The van der Waals surface area contributed by atoms with E-state index in [2.05, 4.69) is 21.1 Å². The van der Waals surface area contributed by atoms with E-state index in [1.54, 1.807) is 22.5 Å². The van der Waals surface area contributed by atoms with Crippen molar-refractivity contribution in [1.82, 2.24) is 24.3 Å². The highest BCUT2D eigenvalue weighted by Gasteiger charge is 2.10. The lowest BCUT2D eigenvalue weighted by atomic mass is 10.1. The minimum Gasteiger partial charge on any atom is -0.304 e. The van der Waals surface area contributed by atoms with Crippen LogP contribution in [0.3, 0.4) is 0 Å². The van der Waals surface area contributed by atoms with Crippen molar-refractivity contribution in [3.05, 3.63) is 47.3 Å². The summed E-state index contributed by atoms with van der Waals surface area (Å²) in [5, 5.41) is 5.15. The number of benzene rings is 1. The number of nitrogens with zero attached hydrogens (tertiary/aromatic N) is 4. The van der Waals surface area contributed by atoms with E-state index < -0.39 is 0 Å². The molecule has 0 aliphatic heterocycles. The van der Waals surface area contributed by atoms with E-state index >= 15 is 0 Å². The largest absolute Gasteiger partial charge is 0.326 e. The van der Waals surface area contributed by atoms with Crippen molar-refractivity contribution in [2.24, 2.45) is 14.1 Å². The van der Waals surface area contributed by atoms with Crippen LogP contribution >= 0.6 is 0 Å². The van der Waals surface area contributed by atoms with Gasteiger partial charge in [-0.15, -0.1) is 0 Å². The van der Waals surface area contributed by atoms with Gasteiger partial charge in [-0.25, -0.2) is 4.79 Å². The number of aromatic nitrogens is 5. The minimum absolute atomic E-state index is 0.133. The van der Waals surface area contributed by atoms with E-state index in [4.69, 9.17) is 0 Å². The standard InChI is InChI=1S/C15H13N5O/c1-19-8-10(6-17-19)9-3-4-12-11(5-9)14-13(7-16-12)18-15(21)20(14)2/h3-8H,1-2H3,(H,18,21). The van der Waals surface area contributed by atoms with Crippen molar-refractivity contribution in [2.45, 2.75) is 0 Å². The second-order valence-electron chi connectivity index (χ2n) is 5.14. The number of nitrogens with one attached hydrogen (secondary N) is 1. The van der Waals surface area contributed by atoms with Gasteiger partial charge in [-0.05, 0) is 17.7 Å². The Balaban J connectivity index is 2.09. The molecule has 0 fully saturated rings. The fourth-order valence-electron chi connectivity index (χ4n) is 2.68. The maximum atomic E-state index is 11.8. The SMILES string of the molecule is Cn1cc(-c2ccc3ncc4[nH]c(=O)n(C)c4c3c2)cn1. The first-order valence-electron chi connectivity index (χ1n) is 6.60. The van der Waals surface area contributed by atoms with Crippen LogP contribution in [0, 0.1) is 0 Å². The molecule has 3 heterocycles. The molecule has 0 amide bonds. The quantitative estimate of drug-likeness (QED) is 0.578. The molecular weight excluding hydrogens is 266 g/mol. The molecule has 1 N–H and O–H groups in total. The maximum Gasteiger partial charge on any atom is 0.326 e. The number of aryl methyl sites for hydroxylation is 2. The van der Waals surface area contributed by atoms with Crippen molar-refractivity contribution >= 4 is 21.9 Å². The molecule has 0 unspecified atom stereocenters. The summed E-state index contributed by atoms with van der Waals surface area (Å²) in [4.78, 5) is 19.0. The third-order valence-electron chi connectivity index (χ3n) is 3.76. The number of fused-ring (bicyclic) bond motifs is 3. The van der Waals surface area contributed by atoms with Gasteiger partial charge < -0.3 is 4.98 Å². The Morgan fingerprint density at radius 1 is 1.14 bits per heavy atom. The van der Waals surface area contributed by atoms with Crippen LogP contribution < -0.4 is 5.69 Å². The lowest BCUT2D eigenvalue weighted by Gasteiger charge is -2.04. The first kappa shape index (κ1) is 11.9. The van der Waals surface area contributed by atoms with E-state index in [-0.39, 0.29) is 5.69 Å². The maximum absolute atomic E-state index is 11.8. The summed E-state index contributed by atoms with van der Waals surface area (Å²) in [5.74, 6) is 0. The zero-order chi connectivity index (χ0) is 14.6. The Morgan fingerprint density at radius 2 is 2.00 bits per heavy atom. The number of hydrogen-bond donors (Lipinski definition) is 1. The number of aromatic amines is 1. The Hall–Kier alpha value is -2.89. The summed E-state index contributed by atoms with van der Waals surface area (Å²) in [6.07, 6.45) is 5.48. The summed E-state index contributed by atoms with van der Waals surface area (Å²) < 4.78 is 3.39. The van der Waals surface area contributed by atoms with Crippen molar-refractivity contribution in [3.63, 3.8) is 0 Å². The molecule has 0 aliphatic rings. The summed E-state index contributed by atoms with van der Waals surface area (Å²) >= 11 is 0. The Labute approximate surface area is 119 Å². The van der Waals surface area contributed by atoms with E-state index in [1.165, 1.54) is 0 Å². The minimum atomic E-state index is -0.133. The fourth-order valence-corrected chi connectivity index (χ4v) is 2.68. The zero-order valence-electron chi connectivity index (χ0n) is 11.7. The van der Waals surface area contributed by atoms with E-state index in [9.17, 15) is 4.79 Å².